The fourth-order valence-electron chi connectivity index (χ4n) is 2.35. The molecule has 20 heavy (non-hydrogen) atoms. The number of benzene rings is 1. The third kappa shape index (κ3) is 3.61. The highest BCUT2D eigenvalue weighted by atomic mass is 16.3. The van der Waals surface area contributed by atoms with E-state index in [4.69, 9.17) is 5.73 Å². The topological polar surface area (TPSA) is 71.2 Å². The van der Waals surface area contributed by atoms with Crippen molar-refractivity contribution in [1.29, 1.82) is 0 Å². The number of rotatable bonds is 4. The van der Waals surface area contributed by atoms with Gasteiger partial charge in [-0.25, -0.2) is 0 Å². The van der Waals surface area contributed by atoms with Crippen molar-refractivity contribution in [3.63, 3.8) is 0 Å². The molecule has 0 aliphatic heterocycles. The highest BCUT2D eigenvalue weighted by Crippen LogP contribution is 2.28. The van der Waals surface area contributed by atoms with Crippen LogP contribution in [-0.4, -0.2) is 22.7 Å². The molecule has 0 aliphatic rings. The Hall–Kier alpha value is -1.81. The Morgan fingerprint density at radius 2 is 2.00 bits per heavy atom. The lowest BCUT2D eigenvalue weighted by Gasteiger charge is -2.23. The fraction of sp³-hybridized carbons (Fsp3) is 0.438. The number of para-hydroxylation sites is 1. The van der Waals surface area contributed by atoms with Gasteiger partial charge in [-0.2, -0.15) is 0 Å². The molecule has 1 atom stereocenters. The van der Waals surface area contributed by atoms with E-state index in [9.17, 15) is 5.11 Å². The van der Waals surface area contributed by atoms with Gasteiger partial charge in [-0.15, -0.1) is 0 Å². The maximum atomic E-state index is 10.1. The summed E-state index contributed by atoms with van der Waals surface area (Å²) < 4.78 is 0. The molecule has 0 radical (unpaired) electrons. The lowest BCUT2D eigenvalue weighted by Crippen LogP contribution is -2.25. The SMILES string of the molecule is CC(C)(C)CC(O)CNc1c(N)cnc2ccccc12. The molecule has 4 heteroatoms. The van der Waals surface area contributed by atoms with Crippen LogP contribution in [0.25, 0.3) is 10.9 Å². The molecule has 1 unspecified atom stereocenters. The summed E-state index contributed by atoms with van der Waals surface area (Å²) in [5.74, 6) is 0. The van der Waals surface area contributed by atoms with Crippen LogP contribution in [0, 0.1) is 5.41 Å². The summed E-state index contributed by atoms with van der Waals surface area (Å²) in [4.78, 5) is 4.30. The van der Waals surface area contributed by atoms with E-state index in [1.54, 1.807) is 6.20 Å². The minimum absolute atomic E-state index is 0.104. The van der Waals surface area contributed by atoms with E-state index < -0.39 is 6.10 Å². The van der Waals surface area contributed by atoms with Crippen LogP contribution in [0.3, 0.4) is 0 Å². The Labute approximate surface area is 120 Å². The summed E-state index contributed by atoms with van der Waals surface area (Å²) in [6, 6.07) is 7.84. The molecular weight excluding hydrogens is 250 g/mol. The van der Waals surface area contributed by atoms with E-state index in [1.165, 1.54) is 0 Å². The number of hydrogen-bond donors (Lipinski definition) is 3. The van der Waals surface area contributed by atoms with Gasteiger partial charge in [0, 0.05) is 11.9 Å². The number of aliphatic hydroxyl groups is 1. The van der Waals surface area contributed by atoms with E-state index >= 15 is 0 Å². The van der Waals surface area contributed by atoms with Crippen molar-refractivity contribution in [3.05, 3.63) is 30.5 Å². The van der Waals surface area contributed by atoms with E-state index in [0.29, 0.717) is 12.2 Å². The second-order valence-corrected chi connectivity index (χ2v) is 6.41. The molecule has 0 fully saturated rings. The van der Waals surface area contributed by atoms with Gasteiger partial charge in [0.05, 0.1) is 29.2 Å². The molecule has 1 aromatic heterocycles. The zero-order chi connectivity index (χ0) is 14.8. The van der Waals surface area contributed by atoms with Crippen LogP contribution >= 0.6 is 0 Å². The van der Waals surface area contributed by atoms with Crippen LogP contribution in [0.5, 0.6) is 0 Å². The van der Waals surface area contributed by atoms with Gasteiger partial charge in [-0.3, -0.25) is 4.98 Å². The average molecular weight is 273 g/mol. The number of hydrogen-bond acceptors (Lipinski definition) is 4. The predicted octanol–water partition coefficient (Wildman–Crippen LogP) is 3.03. The highest BCUT2D eigenvalue weighted by Gasteiger charge is 2.17. The van der Waals surface area contributed by atoms with Crippen molar-refractivity contribution >= 4 is 22.3 Å². The molecule has 4 nitrogen and oxygen atoms in total. The molecule has 0 aliphatic carbocycles. The number of anilines is 2. The number of nitrogens with zero attached hydrogens (tertiary/aromatic N) is 1. The number of aromatic nitrogens is 1. The summed E-state index contributed by atoms with van der Waals surface area (Å²) in [5.41, 5.74) is 8.45. The lowest BCUT2D eigenvalue weighted by molar-refractivity contribution is 0.132. The first-order valence-corrected chi connectivity index (χ1v) is 6.92. The van der Waals surface area contributed by atoms with Crippen molar-refractivity contribution in [2.45, 2.75) is 33.3 Å². The van der Waals surface area contributed by atoms with Gasteiger partial charge in [0.25, 0.3) is 0 Å². The van der Waals surface area contributed by atoms with Crippen LogP contribution in [0.4, 0.5) is 11.4 Å². The molecular formula is C16H23N3O. The Bertz CT molecular complexity index is 590. The maximum Gasteiger partial charge on any atom is 0.0743 e. The van der Waals surface area contributed by atoms with Crippen LogP contribution in [-0.2, 0) is 0 Å². The number of fused-ring (bicyclic) bond motifs is 1. The summed E-state index contributed by atoms with van der Waals surface area (Å²) in [6.07, 6.45) is 1.99. The van der Waals surface area contributed by atoms with Gasteiger partial charge in [0.1, 0.15) is 0 Å². The molecule has 0 amide bonds. The van der Waals surface area contributed by atoms with Gasteiger partial charge in [0.2, 0.25) is 0 Å². The van der Waals surface area contributed by atoms with Crippen LogP contribution in [0.15, 0.2) is 30.5 Å². The standard InChI is InChI=1S/C16H23N3O/c1-16(2,3)8-11(20)9-19-15-12-6-4-5-7-14(12)18-10-13(15)17/h4-7,10-11,20H,8-9,17H2,1-3H3,(H,18,19). The van der Waals surface area contributed by atoms with Crippen molar-refractivity contribution in [2.75, 3.05) is 17.6 Å². The first kappa shape index (κ1) is 14.6. The second-order valence-electron chi connectivity index (χ2n) is 6.41. The Morgan fingerprint density at radius 3 is 2.70 bits per heavy atom. The summed E-state index contributed by atoms with van der Waals surface area (Å²) in [7, 11) is 0. The minimum atomic E-state index is -0.402. The number of nitrogens with two attached hydrogens (primary N) is 1. The summed E-state index contributed by atoms with van der Waals surface area (Å²) in [5, 5.41) is 14.3. The molecule has 4 N–H and O–H groups in total. The van der Waals surface area contributed by atoms with Crippen molar-refractivity contribution in [1.82, 2.24) is 4.98 Å². The fourth-order valence-corrected chi connectivity index (χ4v) is 2.35. The summed E-state index contributed by atoms with van der Waals surface area (Å²) in [6.45, 7) is 6.83. The molecule has 0 saturated heterocycles. The zero-order valence-corrected chi connectivity index (χ0v) is 12.4. The first-order chi connectivity index (χ1) is 9.37. The third-order valence-electron chi connectivity index (χ3n) is 3.17. The van der Waals surface area contributed by atoms with Gasteiger partial charge in [0.15, 0.2) is 0 Å². The average Bonchev–Trinajstić information content (AvgIpc) is 2.35. The number of pyridine rings is 1. The molecule has 0 saturated carbocycles. The Morgan fingerprint density at radius 1 is 1.30 bits per heavy atom. The van der Waals surface area contributed by atoms with E-state index in [-0.39, 0.29) is 5.41 Å². The van der Waals surface area contributed by atoms with Gasteiger partial charge in [-0.1, -0.05) is 39.0 Å². The number of nitrogens with one attached hydrogen (secondary N) is 1. The number of nitrogen functional groups attached to an aromatic ring is 1. The van der Waals surface area contributed by atoms with Crippen LogP contribution < -0.4 is 11.1 Å². The Balaban J connectivity index is 2.15. The van der Waals surface area contributed by atoms with Gasteiger partial charge < -0.3 is 16.2 Å². The lowest BCUT2D eigenvalue weighted by atomic mass is 9.89. The number of aliphatic hydroxyl groups excluding tert-OH is 1. The van der Waals surface area contributed by atoms with Crippen molar-refractivity contribution in [3.8, 4) is 0 Å². The zero-order valence-electron chi connectivity index (χ0n) is 12.4. The van der Waals surface area contributed by atoms with Crippen LogP contribution in [0.1, 0.15) is 27.2 Å². The van der Waals surface area contributed by atoms with Crippen molar-refractivity contribution < 1.29 is 5.11 Å². The largest absolute Gasteiger partial charge is 0.396 e. The first-order valence-electron chi connectivity index (χ1n) is 6.92. The second kappa shape index (κ2) is 5.67. The van der Waals surface area contributed by atoms with Crippen LogP contribution in [0.2, 0.25) is 0 Å². The smallest absolute Gasteiger partial charge is 0.0743 e. The Kier molecular flexibility index (Phi) is 4.14. The maximum absolute atomic E-state index is 10.1. The third-order valence-corrected chi connectivity index (χ3v) is 3.17. The van der Waals surface area contributed by atoms with Gasteiger partial charge in [-0.05, 0) is 17.9 Å². The minimum Gasteiger partial charge on any atom is -0.396 e. The normalized spacial score (nSPS) is 13.4. The molecule has 1 heterocycles. The van der Waals surface area contributed by atoms with E-state index in [1.807, 2.05) is 24.3 Å². The molecule has 1 aromatic carbocycles. The quantitative estimate of drug-likeness (QED) is 0.800. The molecule has 0 spiro atoms. The molecule has 2 rings (SSSR count). The molecule has 2 aromatic rings. The molecule has 0 bridgehead atoms. The molecule has 108 valence electrons. The van der Waals surface area contributed by atoms with E-state index in [0.717, 1.165) is 23.0 Å². The highest BCUT2D eigenvalue weighted by molar-refractivity contribution is 5.96. The monoisotopic (exact) mass is 273 g/mol. The summed E-state index contributed by atoms with van der Waals surface area (Å²) >= 11 is 0. The van der Waals surface area contributed by atoms with Gasteiger partial charge >= 0.3 is 0 Å². The predicted molar refractivity (Wildman–Crippen MR) is 84.7 cm³/mol. The van der Waals surface area contributed by atoms with E-state index in [2.05, 4.69) is 31.1 Å². The van der Waals surface area contributed by atoms with Crippen molar-refractivity contribution in [2.24, 2.45) is 5.41 Å².